The van der Waals surface area contributed by atoms with Crippen molar-refractivity contribution in [3.8, 4) is 0 Å². The van der Waals surface area contributed by atoms with Gasteiger partial charge in [-0.3, -0.25) is 9.69 Å². The van der Waals surface area contributed by atoms with Crippen molar-refractivity contribution in [2.45, 2.75) is 19.4 Å². The number of nitrogens with one attached hydrogen (secondary N) is 1. The van der Waals surface area contributed by atoms with E-state index >= 15 is 0 Å². The minimum Gasteiger partial charge on any atom is -0.397 e. The molecule has 1 rings (SSSR count). The zero-order valence-corrected chi connectivity index (χ0v) is 13.2. The number of halogens is 1. The number of hydrogen-bond acceptors (Lipinski definition) is 4. The number of nitrogens with two attached hydrogens (primary N) is 1. The molecule has 0 bridgehead atoms. The molecule has 1 aromatic rings. The minimum absolute atomic E-state index is 0.152. The molecule has 5 nitrogen and oxygen atoms in total. The van der Waals surface area contributed by atoms with Crippen LogP contribution in [0, 0.1) is 5.82 Å². The molecule has 0 aromatic heterocycles. The second-order valence-corrected chi connectivity index (χ2v) is 5.53. The largest absolute Gasteiger partial charge is 0.397 e. The van der Waals surface area contributed by atoms with E-state index in [-0.39, 0.29) is 17.6 Å². The van der Waals surface area contributed by atoms with E-state index in [0.717, 1.165) is 19.5 Å². The van der Waals surface area contributed by atoms with Crippen molar-refractivity contribution in [2.24, 2.45) is 0 Å². The van der Waals surface area contributed by atoms with Gasteiger partial charge in [-0.1, -0.05) is 0 Å². The first-order valence-electron chi connectivity index (χ1n) is 7.02. The Hall–Kier alpha value is -1.66. The molecule has 1 atom stereocenters. The Kier molecular flexibility index (Phi) is 6.58. The van der Waals surface area contributed by atoms with Crippen molar-refractivity contribution >= 4 is 17.3 Å². The van der Waals surface area contributed by atoms with Gasteiger partial charge in [0.05, 0.1) is 17.4 Å². The van der Waals surface area contributed by atoms with Gasteiger partial charge in [0.15, 0.2) is 0 Å². The van der Waals surface area contributed by atoms with Gasteiger partial charge < -0.3 is 16.0 Å². The van der Waals surface area contributed by atoms with Crippen LogP contribution in [0.2, 0.25) is 0 Å². The number of likely N-dealkylation sites (N-methyl/N-ethyl adjacent to an activating group) is 1. The normalized spacial score (nSPS) is 12.7. The highest BCUT2D eigenvalue weighted by atomic mass is 19.1. The average molecular weight is 296 g/mol. The summed E-state index contributed by atoms with van der Waals surface area (Å²) in [7, 11) is 5.95. The van der Waals surface area contributed by atoms with Crippen LogP contribution in [0.4, 0.5) is 15.8 Å². The summed E-state index contributed by atoms with van der Waals surface area (Å²) in [5.74, 6) is -0.569. The summed E-state index contributed by atoms with van der Waals surface area (Å²) in [6.45, 7) is 3.64. The highest BCUT2D eigenvalue weighted by Gasteiger charge is 2.18. The highest BCUT2D eigenvalue weighted by Crippen LogP contribution is 2.19. The van der Waals surface area contributed by atoms with E-state index in [1.54, 1.807) is 0 Å². The molecule has 21 heavy (non-hydrogen) atoms. The maximum absolute atomic E-state index is 13.0. The van der Waals surface area contributed by atoms with Gasteiger partial charge in [-0.05, 0) is 65.8 Å². The predicted molar refractivity (Wildman–Crippen MR) is 84.7 cm³/mol. The van der Waals surface area contributed by atoms with Crippen LogP contribution in [-0.2, 0) is 4.79 Å². The number of anilines is 2. The predicted octanol–water partition coefficient (Wildman–Crippen LogP) is 1.62. The van der Waals surface area contributed by atoms with Gasteiger partial charge in [-0.15, -0.1) is 0 Å². The average Bonchev–Trinajstić information content (AvgIpc) is 2.40. The third kappa shape index (κ3) is 5.69. The number of rotatable bonds is 7. The summed E-state index contributed by atoms with van der Waals surface area (Å²) in [6.07, 6.45) is 0.986. The number of carbonyl (C=O) groups excluding carboxylic acids is 1. The van der Waals surface area contributed by atoms with Gasteiger partial charge in [-0.2, -0.15) is 0 Å². The fourth-order valence-corrected chi connectivity index (χ4v) is 1.91. The van der Waals surface area contributed by atoms with Crippen molar-refractivity contribution in [1.29, 1.82) is 0 Å². The molecule has 0 heterocycles. The Morgan fingerprint density at radius 2 is 2.00 bits per heavy atom. The van der Waals surface area contributed by atoms with Gasteiger partial charge in [0, 0.05) is 0 Å². The van der Waals surface area contributed by atoms with Crippen molar-refractivity contribution in [2.75, 3.05) is 45.3 Å². The van der Waals surface area contributed by atoms with Crippen LogP contribution in [0.5, 0.6) is 0 Å². The molecule has 0 saturated heterocycles. The summed E-state index contributed by atoms with van der Waals surface area (Å²) in [4.78, 5) is 16.3. The fourth-order valence-electron chi connectivity index (χ4n) is 1.91. The minimum atomic E-state index is -0.417. The van der Waals surface area contributed by atoms with Gasteiger partial charge in [0.2, 0.25) is 5.91 Å². The third-order valence-electron chi connectivity index (χ3n) is 3.43. The lowest BCUT2D eigenvalue weighted by atomic mass is 10.2. The van der Waals surface area contributed by atoms with Crippen LogP contribution in [-0.4, -0.2) is 56.0 Å². The molecule has 0 spiro atoms. The number of nitrogens with zero attached hydrogens (tertiary/aromatic N) is 2. The third-order valence-corrected chi connectivity index (χ3v) is 3.43. The van der Waals surface area contributed by atoms with Crippen molar-refractivity contribution in [1.82, 2.24) is 9.80 Å². The van der Waals surface area contributed by atoms with E-state index in [4.69, 9.17) is 5.73 Å². The summed E-state index contributed by atoms with van der Waals surface area (Å²) in [5.41, 5.74) is 6.35. The summed E-state index contributed by atoms with van der Waals surface area (Å²) >= 11 is 0. The van der Waals surface area contributed by atoms with E-state index in [1.807, 2.05) is 33.0 Å². The van der Waals surface area contributed by atoms with E-state index in [1.165, 1.54) is 18.2 Å². The van der Waals surface area contributed by atoms with Crippen LogP contribution in [0.3, 0.4) is 0 Å². The molecule has 1 amide bonds. The molecular weight excluding hydrogens is 271 g/mol. The fraction of sp³-hybridized carbons (Fsp3) is 0.533. The number of benzene rings is 1. The first-order chi connectivity index (χ1) is 9.81. The number of hydrogen-bond donors (Lipinski definition) is 2. The molecule has 0 aliphatic heterocycles. The lowest BCUT2D eigenvalue weighted by molar-refractivity contribution is -0.120. The molecule has 3 N–H and O–H groups in total. The Morgan fingerprint density at radius 3 is 2.57 bits per heavy atom. The quantitative estimate of drug-likeness (QED) is 0.751. The molecule has 1 aromatic carbocycles. The molecule has 0 fully saturated rings. The first kappa shape index (κ1) is 17.4. The SMILES string of the molecule is CC(C(=O)Nc1ccc(F)cc1N)N(C)CCCN(C)C. The lowest BCUT2D eigenvalue weighted by Gasteiger charge is -2.24. The maximum atomic E-state index is 13.0. The maximum Gasteiger partial charge on any atom is 0.241 e. The monoisotopic (exact) mass is 296 g/mol. The Morgan fingerprint density at radius 1 is 1.33 bits per heavy atom. The summed E-state index contributed by atoms with van der Waals surface area (Å²) < 4.78 is 13.0. The van der Waals surface area contributed by atoms with Gasteiger partial charge >= 0.3 is 0 Å². The molecule has 6 heteroatoms. The van der Waals surface area contributed by atoms with Crippen molar-refractivity contribution in [3.05, 3.63) is 24.0 Å². The summed E-state index contributed by atoms with van der Waals surface area (Å²) in [5, 5.41) is 2.73. The number of amides is 1. The van der Waals surface area contributed by atoms with Crippen LogP contribution < -0.4 is 11.1 Å². The van der Waals surface area contributed by atoms with Crippen LogP contribution >= 0.6 is 0 Å². The second-order valence-electron chi connectivity index (χ2n) is 5.53. The smallest absolute Gasteiger partial charge is 0.241 e. The lowest BCUT2D eigenvalue weighted by Crippen LogP contribution is -2.40. The Balaban J connectivity index is 2.53. The van der Waals surface area contributed by atoms with E-state index < -0.39 is 5.82 Å². The van der Waals surface area contributed by atoms with Crippen LogP contribution in [0.1, 0.15) is 13.3 Å². The Bertz CT molecular complexity index is 479. The molecular formula is C15H25FN4O. The first-order valence-corrected chi connectivity index (χ1v) is 7.02. The van der Waals surface area contributed by atoms with E-state index in [0.29, 0.717) is 5.69 Å². The van der Waals surface area contributed by atoms with E-state index in [9.17, 15) is 9.18 Å². The van der Waals surface area contributed by atoms with Gasteiger partial charge in [0.1, 0.15) is 5.82 Å². The number of nitrogen functional groups attached to an aromatic ring is 1. The standard InChI is InChI=1S/C15H25FN4O/c1-11(20(4)9-5-8-19(2)3)15(21)18-14-7-6-12(16)10-13(14)17/h6-7,10-11H,5,8-9,17H2,1-4H3,(H,18,21). The van der Waals surface area contributed by atoms with Gasteiger partial charge in [0.25, 0.3) is 0 Å². The highest BCUT2D eigenvalue weighted by molar-refractivity contribution is 5.97. The zero-order chi connectivity index (χ0) is 16.0. The number of carbonyl (C=O) groups is 1. The Labute approximate surface area is 125 Å². The molecule has 0 aliphatic rings. The molecule has 0 aliphatic carbocycles. The van der Waals surface area contributed by atoms with Crippen LogP contribution in [0.25, 0.3) is 0 Å². The van der Waals surface area contributed by atoms with Crippen molar-refractivity contribution in [3.63, 3.8) is 0 Å². The molecule has 118 valence electrons. The zero-order valence-electron chi connectivity index (χ0n) is 13.2. The van der Waals surface area contributed by atoms with Gasteiger partial charge in [-0.25, -0.2) is 4.39 Å². The van der Waals surface area contributed by atoms with Crippen LogP contribution in [0.15, 0.2) is 18.2 Å². The van der Waals surface area contributed by atoms with Crippen molar-refractivity contribution < 1.29 is 9.18 Å². The van der Waals surface area contributed by atoms with E-state index in [2.05, 4.69) is 10.2 Å². The topological polar surface area (TPSA) is 61.6 Å². The molecule has 0 saturated carbocycles. The second kappa shape index (κ2) is 7.95. The molecule has 1 unspecified atom stereocenters. The summed E-state index contributed by atoms with van der Waals surface area (Å²) in [6, 6.07) is 3.66. The molecule has 0 radical (unpaired) electrons.